The molecule has 3 amide bonds. The van der Waals surface area contributed by atoms with Gasteiger partial charge in [0.1, 0.15) is 0 Å². The van der Waals surface area contributed by atoms with E-state index in [0.717, 1.165) is 0 Å². The highest BCUT2D eigenvalue weighted by Gasteiger charge is 2.24. The van der Waals surface area contributed by atoms with E-state index in [1.165, 1.54) is 4.90 Å². The lowest BCUT2D eigenvalue weighted by atomic mass is 10.1. The molecule has 1 unspecified atom stereocenters. The van der Waals surface area contributed by atoms with E-state index in [2.05, 4.69) is 5.32 Å². The second-order valence-corrected chi connectivity index (χ2v) is 5.33. The smallest absolute Gasteiger partial charge is 0.321 e. The fourth-order valence-corrected chi connectivity index (χ4v) is 2.16. The summed E-state index contributed by atoms with van der Waals surface area (Å²) in [5.41, 5.74) is 1.18. The van der Waals surface area contributed by atoms with Gasteiger partial charge in [-0.05, 0) is 25.1 Å². The summed E-state index contributed by atoms with van der Waals surface area (Å²) in [6.07, 6.45) is 0. The maximum absolute atomic E-state index is 12.5. The lowest BCUT2D eigenvalue weighted by molar-refractivity contribution is 0.00360. The van der Waals surface area contributed by atoms with Gasteiger partial charge in [0, 0.05) is 31.9 Å². The molecule has 0 spiro atoms. The van der Waals surface area contributed by atoms with Crippen LogP contribution in [-0.4, -0.2) is 61.6 Å². The standard InChI is InChI=1S/C15H21N3O3/c1-11-10-21-8-7-18(11)14(19)12-5-4-6-13(9-12)16-15(20)17(2)3/h4-6,9,11H,7-8,10H2,1-3H3,(H,16,20). The molecule has 0 radical (unpaired) electrons. The molecular weight excluding hydrogens is 270 g/mol. The first-order valence-electron chi connectivity index (χ1n) is 6.96. The molecule has 0 aliphatic carbocycles. The molecule has 0 bridgehead atoms. The maximum atomic E-state index is 12.5. The van der Waals surface area contributed by atoms with Crippen LogP contribution in [-0.2, 0) is 4.74 Å². The number of urea groups is 1. The molecule has 2 rings (SSSR count). The molecule has 0 saturated carbocycles. The Labute approximate surface area is 124 Å². The molecule has 1 aliphatic rings. The van der Waals surface area contributed by atoms with E-state index < -0.39 is 0 Å². The number of morpholine rings is 1. The van der Waals surface area contributed by atoms with Crippen LogP contribution in [0.5, 0.6) is 0 Å². The highest BCUT2D eigenvalue weighted by atomic mass is 16.5. The van der Waals surface area contributed by atoms with Crippen molar-refractivity contribution in [2.45, 2.75) is 13.0 Å². The maximum Gasteiger partial charge on any atom is 0.321 e. The number of benzene rings is 1. The fraction of sp³-hybridized carbons (Fsp3) is 0.467. The van der Waals surface area contributed by atoms with E-state index in [9.17, 15) is 9.59 Å². The molecule has 1 saturated heterocycles. The molecule has 21 heavy (non-hydrogen) atoms. The predicted molar refractivity (Wildman–Crippen MR) is 80.5 cm³/mol. The molecule has 6 heteroatoms. The molecule has 1 aromatic rings. The third kappa shape index (κ3) is 3.72. The second-order valence-electron chi connectivity index (χ2n) is 5.33. The minimum atomic E-state index is -0.223. The van der Waals surface area contributed by atoms with E-state index in [1.54, 1.807) is 43.3 Å². The van der Waals surface area contributed by atoms with Crippen LogP contribution in [0.2, 0.25) is 0 Å². The van der Waals surface area contributed by atoms with Crippen molar-refractivity contribution in [3.05, 3.63) is 29.8 Å². The Morgan fingerprint density at radius 1 is 1.38 bits per heavy atom. The quantitative estimate of drug-likeness (QED) is 0.901. The van der Waals surface area contributed by atoms with Gasteiger partial charge in [-0.3, -0.25) is 4.79 Å². The lowest BCUT2D eigenvalue weighted by Crippen LogP contribution is -2.47. The van der Waals surface area contributed by atoms with Gasteiger partial charge < -0.3 is 19.9 Å². The summed E-state index contributed by atoms with van der Waals surface area (Å²) in [5, 5.41) is 2.74. The third-order valence-electron chi connectivity index (χ3n) is 3.40. The first kappa shape index (κ1) is 15.3. The Bertz CT molecular complexity index is 531. The van der Waals surface area contributed by atoms with E-state index in [-0.39, 0.29) is 18.0 Å². The first-order chi connectivity index (χ1) is 9.99. The van der Waals surface area contributed by atoms with Crippen LogP contribution < -0.4 is 5.32 Å². The number of carbonyl (C=O) groups is 2. The van der Waals surface area contributed by atoms with Crippen molar-refractivity contribution in [1.29, 1.82) is 0 Å². The molecule has 1 fully saturated rings. The van der Waals surface area contributed by atoms with Crippen molar-refractivity contribution < 1.29 is 14.3 Å². The summed E-state index contributed by atoms with van der Waals surface area (Å²) in [6, 6.07) is 6.83. The zero-order valence-corrected chi connectivity index (χ0v) is 12.6. The molecule has 6 nitrogen and oxygen atoms in total. The highest BCUT2D eigenvalue weighted by molar-refractivity contribution is 5.97. The second kappa shape index (κ2) is 6.58. The Morgan fingerprint density at radius 2 is 2.14 bits per heavy atom. The van der Waals surface area contributed by atoms with Crippen LogP contribution in [0.15, 0.2) is 24.3 Å². The van der Waals surface area contributed by atoms with E-state index >= 15 is 0 Å². The predicted octanol–water partition coefficient (Wildman–Crippen LogP) is 1.64. The number of ether oxygens (including phenoxy) is 1. The van der Waals surface area contributed by atoms with Gasteiger partial charge in [-0.1, -0.05) is 6.07 Å². The Kier molecular flexibility index (Phi) is 4.80. The van der Waals surface area contributed by atoms with Gasteiger partial charge in [-0.25, -0.2) is 4.79 Å². The lowest BCUT2D eigenvalue weighted by Gasteiger charge is -2.33. The van der Waals surface area contributed by atoms with Gasteiger partial charge >= 0.3 is 6.03 Å². The van der Waals surface area contributed by atoms with Crippen molar-refractivity contribution in [2.24, 2.45) is 0 Å². The summed E-state index contributed by atoms with van der Waals surface area (Å²) < 4.78 is 5.34. The average molecular weight is 291 g/mol. The molecule has 1 atom stereocenters. The SMILES string of the molecule is CC1COCCN1C(=O)c1cccc(NC(=O)N(C)C)c1. The summed E-state index contributed by atoms with van der Waals surface area (Å²) in [4.78, 5) is 27.4. The minimum absolute atomic E-state index is 0.0354. The van der Waals surface area contributed by atoms with Crippen molar-refractivity contribution >= 4 is 17.6 Å². The van der Waals surface area contributed by atoms with Crippen LogP contribution in [0.4, 0.5) is 10.5 Å². The molecule has 114 valence electrons. The summed E-state index contributed by atoms with van der Waals surface area (Å²) in [5.74, 6) is -0.0354. The summed E-state index contributed by atoms with van der Waals surface area (Å²) in [6.45, 7) is 3.68. The number of hydrogen-bond acceptors (Lipinski definition) is 3. The number of carbonyl (C=O) groups excluding carboxylic acids is 2. The van der Waals surface area contributed by atoms with Crippen LogP contribution in [0, 0.1) is 0 Å². The number of hydrogen-bond donors (Lipinski definition) is 1. The molecular formula is C15H21N3O3. The number of rotatable bonds is 2. The van der Waals surface area contributed by atoms with Crippen molar-refractivity contribution in [1.82, 2.24) is 9.80 Å². The molecule has 1 N–H and O–H groups in total. The van der Waals surface area contributed by atoms with E-state index in [4.69, 9.17) is 4.74 Å². The van der Waals surface area contributed by atoms with Crippen LogP contribution in [0.3, 0.4) is 0 Å². The zero-order chi connectivity index (χ0) is 15.4. The third-order valence-corrected chi connectivity index (χ3v) is 3.40. The molecule has 1 aromatic carbocycles. The number of nitrogens with one attached hydrogen (secondary N) is 1. The summed E-state index contributed by atoms with van der Waals surface area (Å²) in [7, 11) is 3.33. The largest absolute Gasteiger partial charge is 0.377 e. The fourth-order valence-electron chi connectivity index (χ4n) is 2.16. The van der Waals surface area contributed by atoms with Gasteiger partial charge in [0.15, 0.2) is 0 Å². The Balaban J connectivity index is 2.13. The minimum Gasteiger partial charge on any atom is -0.377 e. The Morgan fingerprint density at radius 3 is 2.81 bits per heavy atom. The molecule has 1 heterocycles. The van der Waals surface area contributed by atoms with Crippen molar-refractivity contribution in [3.8, 4) is 0 Å². The number of anilines is 1. The van der Waals surface area contributed by atoms with Gasteiger partial charge in [0.05, 0.1) is 19.3 Å². The number of nitrogens with zero attached hydrogens (tertiary/aromatic N) is 2. The summed E-state index contributed by atoms with van der Waals surface area (Å²) >= 11 is 0. The van der Waals surface area contributed by atoms with Gasteiger partial charge in [0.2, 0.25) is 0 Å². The van der Waals surface area contributed by atoms with Crippen LogP contribution in [0.25, 0.3) is 0 Å². The first-order valence-corrected chi connectivity index (χ1v) is 6.96. The average Bonchev–Trinajstić information content (AvgIpc) is 2.47. The van der Waals surface area contributed by atoms with E-state index in [0.29, 0.717) is 31.0 Å². The Hall–Kier alpha value is -2.08. The highest BCUT2D eigenvalue weighted by Crippen LogP contribution is 2.16. The topological polar surface area (TPSA) is 61.9 Å². The normalized spacial score (nSPS) is 18.2. The van der Waals surface area contributed by atoms with E-state index in [1.807, 2.05) is 6.92 Å². The van der Waals surface area contributed by atoms with Crippen LogP contribution in [0.1, 0.15) is 17.3 Å². The van der Waals surface area contributed by atoms with Gasteiger partial charge in [-0.2, -0.15) is 0 Å². The van der Waals surface area contributed by atoms with Gasteiger partial charge in [0.25, 0.3) is 5.91 Å². The molecule has 1 aliphatic heterocycles. The zero-order valence-electron chi connectivity index (χ0n) is 12.6. The monoisotopic (exact) mass is 291 g/mol. The van der Waals surface area contributed by atoms with Crippen LogP contribution >= 0.6 is 0 Å². The number of amides is 3. The van der Waals surface area contributed by atoms with Gasteiger partial charge in [-0.15, -0.1) is 0 Å². The molecule has 0 aromatic heterocycles. The van der Waals surface area contributed by atoms with Crippen molar-refractivity contribution in [2.75, 3.05) is 39.2 Å². The van der Waals surface area contributed by atoms with Crippen molar-refractivity contribution in [3.63, 3.8) is 0 Å².